The molecule has 2 aromatic rings. The van der Waals surface area contributed by atoms with Crippen LogP contribution in [0, 0.1) is 5.92 Å². The van der Waals surface area contributed by atoms with Crippen molar-refractivity contribution in [1.29, 1.82) is 0 Å². The zero-order chi connectivity index (χ0) is 24.9. The fourth-order valence-electron chi connectivity index (χ4n) is 5.98. The molecule has 0 amide bonds. The third-order valence-corrected chi connectivity index (χ3v) is 7.92. The maximum atomic E-state index is 6.23. The molecule has 3 aliphatic heterocycles. The van der Waals surface area contributed by atoms with Gasteiger partial charge in [-0.1, -0.05) is 36.4 Å². The molecule has 0 N–H and O–H groups in total. The Morgan fingerprint density at radius 3 is 2.65 bits per heavy atom. The van der Waals surface area contributed by atoms with Crippen LogP contribution in [0.25, 0.3) is 0 Å². The van der Waals surface area contributed by atoms with Crippen molar-refractivity contribution in [2.24, 2.45) is 15.9 Å². The van der Waals surface area contributed by atoms with E-state index < -0.39 is 0 Å². The smallest absolute Gasteiger partial charge is 0.225 e. The number of allylic oxidation sites excluding steroid dienone is 1. The van der Waals surface area contributed by atoms with Crippen LogP contribution >= 0.6 is 0 Å². The van der Waals surface area contributed by atoms with E-state index in [1.165, 1.54) is 19.4 Å². The number of rotatable bonds is 8. The van der Waals surface area contributed by atoms with E-state index in [9.17, 15) is 0 Å². The normalized spacial score (nSPS) is 27.1. The molecule has 7 heteroatoms. The van der Waals surface area contributed by atoms with Crippen LogP contribution < -0.4 is 9.75 Å². The molecule has 6 rings (SSSR count). The van der Waals surface area contributed by atoms with E-state index in [1.807, 2.05) is 49.2 Å². The van der Waals surface area contributed by atoms with Gasteiger partial charge in [-0.2, -0.15) is 0 Å². The van der Waals surface area contributed by atoms with E-state index in [0.717, 1.165) is 67.8 Å². The Morgan fingerprint density at radius 1 is 0.973 bits per heavy atom. The predicted octanol–water partition coefficient (Wildman–Crippen LogP) is 5.13. The highest BCUT2D eigenvalue weighted by Gasteiger charge is 2.46. The fraction of sp³-hybridized carbons (Fsp3) is 0.400. The van der Waals surface area contributed by atoms with Gasteiger partial charge in [0.05, 0.1) is 43.6 Å². The highest BCUT2D eigenvalue weighted by atomic mass is 16.5. The minimum atomic E-state index is 0.384. The van der Waals surface area contributed by atoms with Gasteiger partial charge >= 0.3 is 0 Å². The number of aliphatic imine (C=N–C) groups is 2. The Kier molecular flexibility index (Phi) is 7.17. The predicted molar refractivity (Wildman–Crippen MR) is 147 cm³/mol. The van der Waals surface area contributed by atoms with Gasteiger partial charge in [-0.05, 0) is 49.3 Å². The number of ether oxygens (including phenoxy) is 2. The third-order valence-electron chi connectivity index (χ3n) is 7.92. The van der Waals surface area contributed by atoms with Gasteiger partial charge in [0, 0.05) is 25.7 Å². The average Bonchev–Trinajstić information content (AvgIpc) is 3.39. The fourth-order valence-corrected chi connectivity index (χ4v) is 5.98. The summed E-state index contributed by atoms with van der Waals surface area (Å²) >= 11 is 0. The molecule has 1 saturated carbocycles. The van der Waals surface area contributed by atoms with Gasteiger partial charge in [-0.15, -0.1) is 4.59 Å². The van der Waals surface area contributed by atoms with Crippen molar-refractivity contribution in [3.05, 3.63) is 84.5 Å². The highest BCUT2D eigenvalue weighted by molar-refractivity contribution is 5.82. The maximum absolute atomic E-state index is 6.23. The summed E-state index contributed by atoms with van der Waals surface area (Å²) in [5.74, 6) is 1.62. The van der Waals surface area contributed by atoms with Crippen LogP contribution in [-0.2, 0) is 11.3 Å². The minimum absolute atomic E-state index is 0.384. The Hall–Kier alpha value is -3.26. The molecule has 1 saturated heterocycles. The number of fused-ring (bicyclic) bond motifs is 1. The van der Waals surface area contributed by atoms with Crippen LogP contribution in [0.3, 0.4) is 0 Å². The van der Waals surface area contributed by atoms with Crippen molar-refractivity contribution in [2.75, 3.05) is 37.9 Å². The van der Waals surface area contributed by atoms with Gasteiger partial charge in [0.15, 0.2) is 6.20 Å². The van der Waals surface area contributed by atoms with Crippen molar-refractivity contribution in [1.82, 2.24) is 4.90 Å². The largest absolute Gasteiger partial charge is 0.489 e. The Bertz CT molecular complexity index is 1180. The average molecular weight is 499 g/mol. The first-order chi connectivity index (χ1) is 18.3. The molecule has 3 heterocycles. The molecule has 0 spiro atoms. The van der Waals surface area contributed by atoms with E-state index in [0.29, 0.717) is 17.2 Å². The Labute approximate surface area is 219 Å². The van der Waals surface area contributed by atoms with Gasteiger partial charge < -0.3 is 9.47 Å². The van der Waals surface area contributed by atoms with Crippen LogP contribution in [0.4, 0.5) is 5.69 Å². The van der Waals surface area contributed by atoms with Crippen LogP contribution in [0.1, 0.15) is 31.2 Å². The number of hydrogen-bond acceptors (Lipinski definition) is 6. The van der Waals surface area contributed by atoms with E-state index >= 15 is 0 Å². The molecule has 1 unspecified atom stereocenters. The van der Waals surface area contributed by atoms with E-state index in [-0.39, 0.29) is 0 Å². The minimum Gasteiger partial charge on any atom is -0.489 e. The van der Waals surface area contributed by atoms with Gasteiger partial charge in [-0.3, -0.25) is 9.89 Å². The molecule has 192 valence electrons. The number of nitrogens with zero attached hydrogens (tertiary/aromatic N) is 5. The lowest BCUT2D eigenvalue weighted by Crippen LogP contribution is -2.60. The number of quaternary nitrogens is 1. The number of morpholine rings is 1. The number of hydrogen-bond donors (Lipinski definition) is 0. The topological polar surface area (TPSA) is 49.7 Å². The quantitative estimate of drug-likeness (QED) is 0.474. The highest BCUT2D eigenvalue weighted by Crippen LogP contribution is 2.39. The Morgan fingerprint density at radius 2 is 1.81 bits per heavy atom. The summed E-state index contributed by atoms with van der Waals surface area (Å²) in [4.78, 5) is 11.6. The molecule has 2 aromatic carbocycles. The van der Waals surface area contributed by atoms with Gasteiger partial charge in [0.2, 0.25) is 12.0 Å². The van der Waals surface area contributed by atoms with Crippen molar-refractivity contribution >= 4 is 18.2 Å². The number of anilines is 1. The molecule has 37 heavy (non-hydrogen) atoms. The molecule has 0 radical (unpaired) electrons. The molecule has 2 fully saturated rings. The second-order valence-electron chi connectivity index (χ2n) is 10.3. The summed E-state index contributed by atoms with van der Waals surface area (Å²) in [6.07, 6.45) is 14.7. The van der Waals surface area contributed by atoms with E-state index in [1.54, 1.807) is 0 Å². The molecular weight excluding hydrogens is 462 g/mol. The molecular formula is C30H36N5O2+. The van der Waals surface area contributed by atoms with E-state index in [2.05, 4.69) is 56.4 Å². The van der Waals surface area contributed by atoms with Crippen LogP contribution in [0.2, 0.25) is 0 Å². The second-order valence-corrected chi connectivity index (χ2v) is 10.3. The van der Waals surface area contributed by atoms with Gasteiger partial charge in [0.25, 0.3) is 0 Å². The number of benzene rings is 2. The van der Waals surface area contributed by atoms with Crippen LogP contribution in [-0.4, -0.2) is 60.9 Å². The summed E-state index contributed by atoms with van der Waals surface area (Å²) in [5, 5.41) is 2.52. The molecule has 0 aromatic heterocycles. The monoisotopic (exact) mass is 498 g/mol. The molecule has 7 nitrogen and oxygen atoms in total. The summed E-state index contributed by atoms with van der Waals surface area (Å²) < 4.78 is 12.2. The zero-order valence-corrected chi connectivity index (χ0v) is 21.4. The van der Waals surface area contributed by atoms with Crippen molar-refractivity contribution < 1.29 is 14.1 Å². The van der Waals surface area contributed by atoms with Crippen molar-refractivity contribution in [3.8, 4) is 5.75 Å². The molecule has 4 aliphatic rings. The summed E-state index contributed by atoms with van der Waals surface area (Å²) in [6.45, 7) is 5.61. The first-order valence-electron chi connectivity index (χ1n) is 13.5. The zero-order valence-electron chi connectivity index (χ0n) is 21.4. The van der Waals surface area contributed by atoms with E-state index in [4.69, 9.17) is 9.47 Å². The first-order valence-corrected chi connectivity index (χ1v) is 13.5. The molecule has 1 atom stereocenters. The lowest BCUT2D eigenvalue weighted by Gasteiger charge is -2.46. The lowest BCUT2D eigenvalue weighted by atomic mass is 9.85. The van der Waals surface area contributed by atoms with Crippen molar-refractivity contribution in [3.63, 3.8) is 0 Å². The SMILES string of the molecule is C1=C[N+]2(N(c3cccc(OCc4ccccc4)c3)C3CCC(CN4CCOCC4)CC3)C=NC=C2C=N1. The maximum Gasteiger partial charge on any atom is 0.225 e. The summed E-state index contributed by atoms with van der Waals surface area (Å²) in [7, 11) is 0. The first kappa shape index (κ1) is 24.1. The second kappa shape index (κ2) is 11.0. The van der Waals surface area contributed by atoms with Gasteiger partial charge in [-0.25, -0.2) is 10.0 Å². The van der Waals surface area contributed by atoms with Gasteiger partial charge in [0.1, 0.15) is 12.4 Å². The van der Waals surface area contributed by atoms with Crippen molar-refractivity contribution in [2.45, 2.75) is 38.3 Å². The van der Waals surface area contributed by atoms with Crippen LogP contribution in [0.5, 0.6) is 5.75 Å². The Balaban J connectivity index is 1.23. The lowest BCUT2D eigenvalue weighted by molar-refractivity contribution is -0.746. The third kappa shape index (κ3) is 5.25. The standard InChI is InChI=1S/C30H36N5O2/c1-2-5-26(6-3-1)23-37-30-8-4-7-28(19-30)34(35-16-13-31-20-29(35)21-32-24-35)27-11-9-25(10-12-27)22-33-14-17-36-18-15-33/h1-8,13,16,19-21,24-25,27H,9-12,14-15,17-18,22-23H2/q+1. The van der Waals surface area contributed by atoms with Crippen LogP contribution in [0.15, 0.2) is 88.9 Å². The summed E-state index contributed by atoms with van der Waals surface area (Å²) in [5.41, 5.74) is 3.37. The summed E-state index contributed by atoms with van der Waals surface area (Å²) in [6, 6.07) is 19.2. The molecule has 1 aliphatic carbocycles. The molecule has 0 bridgehead atoms.